The molecule has 21 heavy (non-hydrogen) atoms. The van der Waals surface area contributed by atoms with Crippen LogP contribution in [0.1, 0.15) is 47.5 Å². The molecule has 2 aliphatic rings. The molecule has 1 amide bonds. The van der Waals surface area contributed by atoms with Gasteiger partial charge in [0.15, 0.2) is 0 Å². The van der Waals surface area contributed by atoms with Crippen molar-refractivity contribution in [1.82, 2.24) is 14.7 Å². The third-order valence-electron chi connectivity index (χ3n) is 4.09. The zero-order valence-corrected chi connectivity index (χ0v) is 15.2. The van der Waals surface area contributed by atoms with Gasteiger partial charge < -0.3 is 9.80 Å². The van der Waals surface area contributed by atoms with Crippen molar-refractivity contribution in [3.8, 4) is 0 Å². The average molecular weight is 300 g/mol. The second-order valence-corrected chi connectivity index (χ2v) is 5.64. The van der Waals surface area contributed by atoms with E-state index in [2.05, 4.69) is 23.8 Å². The molecule has 0 N–H and O–H groups in total. The quantitative estimate of drug-likeness (QED) is 0.784. The van der Waals surface area contributed by atoms with E-state index in [1.54, 1.807) is 0 Å². The highest BCUT2D eigenvalue weighted by Crippen LogP contribution is 2.15. The molecule has 2 rings (SSSR count). The summed E-state index contributed by atoms with van der Waals surface area (Å²) in [7, 11) is 2.12. The Balaban J connectivity index is 0.000000921. The molecule has 2 saturated heterocycles. The van der Waals surface area contributed by atoms with Crippen molar-refractivity contribution < 1.29 is 4.79 Å². The Labute approximate surface area is 132 Å². The maximum Gasteiger partial charge on any atom is 0.236 e. The van der Waals surface area contributed by atoms with Gasteiger partial charge in [-0.05, 0) is 38.9 Å². The topological polar surface area (TPSA) is 26.8 Å². The number of nitrogens with zero attached hydrogens (tertiary/aromatic N) is 3. The highest BCUT2D eigenvalue weighted by Gasteiger charge is 2.23. The van der Waals surface area contributed by atoms with Crippen LogP contribution in [0.3, 0.4) is 0 Å². The molecule has 2 aliphatic heterocycles. The predicted molar refractivity (Wildman–Crippen MR) is 91.6 cm³/mol. The van der Waals surface area contributed by atoms with Crippen LogP contribution in [-0.4, -0.2) is 73.5 Å². The molecule has 0 aromatic heterocycles. The largest absolute Gasteiger partial charge is 0.339 e. The van der Waals surface area contributed by atoms with Crippen LogP contribution in [0.5, 0.6) is 0 Å². The van der Waals surface area contributed by atoms with Gasteiger partial charge in [-0.25, -0.2) is 0 Å². The Morgan fingerprint density at radius 1 is 0.905 bits per heavy atom. The minimum atomic E-state index is 0.327. The average Bonchev–Trinajstić information content (AvgIpc) is 2.54. The first kappa shape index (κ1) is 20.4. The van der Waals surface area contributed by atoms with Crippen molar-refractivity contribution in [2.75, 3.05) is 52.9 Å². The highest BCUT2D eigenvalue weighted by molar-refractivity contribution is 5.78. The van der Waals surface area contributed by atoms with E-state index in [0.717, 1.165) is 45.2 Å². The Hall–Kier alpha value is -0.610. The molecule has 0 aromatic rings. The molecular formula is C17H37N3O. The van der Waals surface area contributed by atoms with E-state index in [1.165, 1.54) is 12.8 Å². The molecule has 0 unspecified atom stereocenters. The molecule has 0 radical (unpaired) electrons. The van der Waals surface area contributed by atoms with Crippen molar-refractivity contribution >= 4 is 5.91 Å². The van der Waals surface area contributed by atoms with Crippen molar-refractivity contribution in [3.63, 3.8) is 0 Å². The summed E-state index contributed by atoms with van der Waals surface area (Å²) in [5, 5.41) is 0. The van der Waals surface area contributed by atoms with Crippen LogP contribution >= 0.6 is 0 Å². The Morgan fingerprint density at radius 2 is 1.38 bits per heavy atom. The monoisotopic (exact) mass is 299 g/mol. The second kappa shape index (κ2) is 12.0. The molecule has 0 aromatic carbocycles. The molecule has 0 atom stereocenters. The fourth-order valence-electron chi connectivity index (χ4n) is 2.57. The molecule has 2 heterocycles. The third-order valence-corrected chi connectivity index (χ3v) is 4.09. The number of piperidine rings is 1. The normalized spacial score (nSPS) is 21.0. The van der Waals surface area contributed by atoms with E-state index in [-0.39, 0.29) is 0 Å². The Morgan fingerprint density at radius 3 is 1.86 bits per heavy atom. The van der Waals surface area contributed by atoms with Crippen LogP contribution in [0.15, 0.2) is 0 Å². The van der Waals surface area contributed by atoms with Gasteiger partial charge in [0.25, 0.3) is 0 Å². The lowest BCUT2D eigenvalue weighted by Crippen LogP contribution is -2.50. The number of likely N-dealkylation sites (N-methyl/N-ethyl adjacent to an activating group) is 1. The van der Waals surface area contributed by atoms with Gasteiger partial charge in [0.2, 0.25) is 5.91 Å². The van der Waals surface area contributed by atoms with Crippen LogP contribution in [0.2, 0.25) is 0 Å². The summed E-state index contributed by atoms with van der Waals surface area (Å²) in [6.07, 6.45) is 2.49. The molecule has 4 heteroatoms. The molecule has 2 fully saturated rings. The van der Waals surface area contributed by atoms with E-state index in [4.69, 9.17) is 0 Å². The fourth-order valence-corrected chi connectivity index (χ4v) is 2.57. The predicted octanol–water partition coefficient (Wildman–Crippen LogP) is 2.54. The lowest BCUT2D eigenvalue weighted by molar-refractivity contribution is -0.134. The molecule has 0 spiro atoms. The fraction of sp³-hybridized carbons (Fsp3) is 0.941. The first-order chi connectivity index (χ1) is 10.1. The van der Waals surface area contributed by atoms with Crippen LogP contribution in [0.4, 0.5) is 0 Å². The molecule has 0 aliphatic carbocycles. The van der Waals surface area contributed by atoms with Crippen molar-refractivity contribution in [2.24, 2.45) is 5.92 Å². The minimum absolute atomic E-state index is 0.327. The van der Waals surface area contributed by atoms with E-state index < -0.39 is 0 Å². The zero-order chi connectivity index (χ0) is 16.3. The van der Waals surface area contributed by atoms with Gasteiger partial charge in [0.1, 0.15) is 0 Å². The molecule has 0 saturated carbocycles. The molecule has 0 bridgehead atoms. The van der Waals surface area contributed by atoms with Crippen LogP contribution in [-0.2, 0) is 4.79 Å². The van der Waals surface area contributed by atoms with E-state index in [1.807, 2.05) is 32.6 Å². The summed E-state index contributed by atoms with van der Waals surface area (Å²) in [5.41, 5.74) is 0. The number of amides is 1. The maximum atomic E-state index is 12.1. The van der Waals surface area contributed by atoms with Crippen molar-refractivity contribution in [3.05, 3.63) is 0 Å². The highest BCUT2D eigenvalue weighted by atomic mass is 16.2. The SMILES string of the molecule is CC.CC.CC1CCN(CC(=O)N2CCN(C)CC2)CC1. The van der Waals surface area contributed by atoms with Gasteiger partial charge in [-0.2, -0.15) is 0 Å². The summed E-state index contributed by atoms with van der Waals surface area (Å²) in [5.74, 6) is 1.16. The summed E-state index contributed by atoms with van der Waals surface area (Å²) >= 11 is 0. The van der Waals surface area contributed by atoms with Gasteiger partial charge in [0.05, 0.1) is 6.54 Å². The summed E-state index contributed by atoms with van der Waals surface area (Å²) in [6, 6.07) is 0. The number of carbonyl (C=O) groups is 1. The number of rotatable bonds is 2. The second-order valence-electron chi connectivity index (χ2n) is 5.64. The number of piperazine rings is 1. The Bertz CT molecular complexity index is 255. The van der Waals surface area contributed by atoms with Crippen molar-refractivity contribution in [2.45, 2.75) is 47.5 Å². The number of hydrogen-bond acceptors (Lipinski definition) is 3. The molecular weight excluding hydrogens is 262 g/mol. The van der Waals surface area contributed by atoms with E-state index in [9.17, 15) is 4.79 Å². The summed E-state index contributed by atoms with van der Waals surface area (Å²) in [6.45, 7) is 17.0. The summed E-state index contributed by atoms with van der Waals surface area (Å²) < 4.78 is 0. The van der Waals surface area contributed by atoms with E-state index in [0.29, 0.717) is 12.5 Å². The van der Waals surface area contributed by atoms with Crippen molar-refractivity contribution in [1.29, 1.82) is 0 Å². The van der Waals surface area contributed by atoms with E-state index >= 15 is 0 Å². The lowest BCUT2D eigenvalue weighted by Gasteiger charge is -2.35. The van der Waals surface area contributed by atoms with Gasteiger partial charge in [-0.15, -0.1) is 0 Å². The first-order valence-corrected chi connectivity index (χ1v) is 8.84. The van der Waals surface area contributed by atoms with Gasteiger partial charge in [0, 0.05) is 26.2 Å². The van der Waals surface area contributed by atoms with Gasteiger partial charge in [-0.1, -0.05) is 34.6 Å². The summed E-state index contributed by atoms with van der Waals surface area (Å²) in [4.78, 5) is 18.8. The number of likely N-dealkylation sites (tertiary alicyclic amines) is 1. The molecule has 4 nitrogen and oxygen atoms in total. The first-order valence-electron chi connectivity index (χ1n) is 8.84. The van der Waals surface area contributed by atoms with Crippen LogP contribution in [0.25, 0.3) is 0 Å². The third kappa shape index (κ3) is 7.82. The zero-order valence-electron chi connectivity index (χ0n) is 15.2. The maximum absolute atomic E-state index is 12.1. The van der Waals surface area contributed by atoms with Gasteiger partial charge in [-0.3, -0.25) is 9.69 Å². The number of hydrogen-bond donors (Lipinski definition) is 0. The standard InChI is InChI=1S/C13H25N3O.2C2H6/c1-12-3-5-15(6-4-12)11-13(17)16-9-7-14(2)8-10-16;2*1-2/h12H,3-11H2,1-2H3;2*1-2H3. The molecule has 126 valence electrons. The van der Waals surface area contributed by atoms with Crippen LogP contribution < -0.4 is 0 Å². The smallest absolute Gasteiger partial charge is 0.236 e. The van der Waals surface area contributed by atoms with Gasteiger partial charge >= 0.3 is 0 Å². The number of carbonyl (C=O) groups excluding carboxylic acids is 1. The lowest BCUT2D eigenvalue weighted by atomic mass is 9.99. The minimum Gasteiger partial charge on any atom is -0.339 e. The Kier molecular flexibility index (Phi) is 11.6. The van der Waals surface area contributed by atoms with Crippen LogP contribution in [0, 0.1) is 5.92 Å².